The monoisotopic (exact) mass is 321 g/mol. The van der Waals surface area contributed by atoms with Crippen molar-refractivity contribution in [2.75, 3.05) is 32.8 Å². The summed E-state index contributed by atoms with van der Waals surface area (Å²) in [7, 11) is -1.61. The third-order valence-electron chi connectivity index (χ3n) is 4.64. The van der Waals surface area contributed by atoms with E-state index < -0.39 is 7.56 Å². The highest BCUT2D eigenvalue weighted by Crippen LogP contribution is 2.60. The van der Waals surface area contributed by atoms with Crippen molar-refractivity contribution in [2.24, 2.45) is 0 Å². The van der Waals surface area contributed by atoms with Gasteiger partial charge in [0.2, 0.25) is 13.0 Å². The van der Waals surface area contributed by atoms with Gasteiger partial charge in [-0.05, 0) is 46.8 Å². The first-order valence-corrected chi connectivity index (χ1v) is 10.5. The second kappa shape index (κ2) is 7.08. The lowest BCUT2D eigenvalue weighted by Gasteiger charge is -2.38. The Hall–Kier alpha value is -0.960. The second-order valence-electron chi connectivity index (χ2n) is 5.64. The fourth-order valence-corrected chi connectivity index (χ4v) is 7.94. The van der Waals surface area contributed by atoms with Gasteiger partial charge in [0, 0.05) is 32.4 Å². The fraction of sp³-hybridized carbons (Fsp3) is 0.588. The van der Waals surface area contributed by atoms with Crippen LogP contribution in [0.1, 0.15) is 33.4 Å². The maximum atomic E-state index is 4.82. The fourth-order valence-electron chi connectivity index (χ4n) is 3.61. The predicted molar refractivity (Wildman–Crippen MR) is 98.2 cm³/mol. The van der Waals surface area contributed by atoms with Crippen molar-refractivity contribution < 1.29 is 0 Å². The van der Waals surface area contributed by atoms with Gasteiger partial charge in [0.1, 0.15) is 11.3 Å². The summed E-state index contributed by atoms with van der Waals surface area (Å²) in [4.78, 5) is 4.82. The van der Waals surface area contributed by atoms with Crippen LogP contribution in [-0.4, -0.2) is 51.6 Å². The van der Waals surface area contributed by atoms with Crippen molar-refractivity contribution >= 4 is 18.6 Å². The summed E-state index contributed by atoms with van der Waals surface area (Å²) in [5, 5.41) is 0. The minimum atomic E-state index is -1.61. The Balaban J connectivity index is 2.73. The molecule has 122 valence electrons. The first kappa shape index (κ1) is 17.4. The standard InChI is InChI=1S/C17H30N4P/c1-7-19(8-2)22(6,20(9-3)10-4)17-15(5)18-16-13-11-12-14-21(16)17/h11-14H,7-10H2,1-6H3/q+1. The van der Waals surface area contributed by atoms with Gasteiger partial charge in [-0.1, -0.05) is 6.07 Å². The third-order valence-corrected chi connectivity index (χ3v) is 9.31. The van der Waals surface area contributed by atoms with Crippen LogP contribution in [-0.2, 0) is 0 Å². The molecule has 2 heterocycles. The SMILES string of the molecule is CCN(CC)[P+](C)(c1c(C)nc2ccccn12)N(CC)CC. The molecular weight excluding hydrogens is 291 g/mol. The summed E-state index contributed by atoms with van der Waals surface area (Å²) in [6.07, 6.45) is 2.16. The number of hydrogen-bond acceptors (Lipinski definition) is 3. The van der Waals surface area contributed by atoms with E-state index in [0.29, 0.717) is 0 Å². The van der Waals surface area contributed by atoms with E-state index in [4.69, 9.17) is 4.98 Å². The molecule has 0 aliphatic rings. The molecular formula is C17H30N4P+. The number of rotatable bonds is 7. The summed E-state index contributed by atoms with van der Waals surface area (Å²) in [5.41, 5.74) is 3.62. The van der Waals surface area contributed by atoms with Crippen molar-refractivity contribution in [3.05, 3.63) is 30.1 Å². The van der Waals surface area contributed by atoms with E-state index in [1.165, 1.54) is 11.1 Å². The van der Waals surface area contributed by atoms with Crippen LogP contribution in [0.4, 0.5) is 0 Å². The van der Waals surface area contributed by atoms with Crippen molar-refractivity contribution in [1.82, 2.24) is 18.7 Å². The molecule has 0 aliphatic carbocycles. The lowest BCUT2D eigenvalue weighted by molar-refractivity contribution is 0.416. The van der Waals surface area contributed by atoms with Gasteiger partial charge in [-0.3, -0.25) is 4.40 Å². The van der Waals surface area contributed by atoms with Crippen LogP contribution in [0.15, 0.2) is 24.4 Å². The molecule has 22 heavy (non-hydrogen) atoms. The van der Waals surface area contributed by atoms with Gasteiger partial charge in [0.05, 0.1) is 6.66 Å². The van der Waals surface area contributed by atoms with E-state index >= 15 is 0 Å². The van der Waals surface area contributed by atoms with Gasteiger partial charge in [-0.15, -0.1) is 0 Å². The topological polar surface area (TPSA) is 23.8 Å². The smallest absolute Gasteiger partial charge is 0.226 e. The predicted octanol–water partition coefficient (Wildman–Crippen LogP) is 3.43. The van der Waals surface area contributed by atoms with E-state index in [0.717, 1.165) is 31.8 Å². The maximum absolute atomic E-state index is 4.82. The van der Waals surface area contributed by atoms with Gasteiger partial charge in [0.25, 0.3) is 0 Å². The van der Waals surface area contributed by atoms with Gasteiger partial charge in [0.15, 0.2) is 0 Å². The second-order valence-corrected chi connectivity index (χ2v) is 9.02. The van der Waals surface area contributed by atoms with E-state index in [1.54, 1.807) is 0 Å². The number of aromatic nitrogens is 2. The van der Waals surface area contributed by atoms with E-state index in [1.807, 2.05) is 0 Å². The van der Waals surface area contributed by atoms with Gasteiger partial charge in [-0.2, -0.15) is 9.34 Å². The van der Waals surface area contributed by atoms with Crippen molar-refractivity contribution in [1.29, 1.82) is 0 Å². The van der Waals surface area contributed by atoms with E-state index in [9.17, 15) is 0 Å². The van der Waals surface area contributed by atoms with E-state index in [-0.39, 0.29) is 0 Å². The van der Waals surface area contributed by atoms with Gasteiger partial charge >= 0.3 is 0 Å². The zero-order valence-corrected chi connectivity index (χ0v) is 15.8. The molecule has 2 rings (SSSR count). The average Bonchev–Trinajstić information content (AvgIpc) is 2.85. The minimum absolute atomic E-state index is 1.06. The summed E-state index contributed by atoms with van der Waals surface area (Å²) < 4.78 is 7.59. The quantitative estimate of drug-likeness (QED) is 0.730. The molecule has 0 saturated heterocycles. The highest BCUT2D eigenvalue weighted by Gasteiger charge is 2.49. The molecule has 0 bridgehead atoms. The number of hydrogen-bond donors (Lipinski definition) is 0. The van der Waals surface area contributed by atoms with Crippen molar-refractivity contribution in [2.45, 2.75) is 34.6 Å². The first-order valence-electron chi connectivity index (χ1n) is 8.36. The van der Waals surface area contributed by atoms with Crippen LogP contribution in [0.25, 0.3) is 5.65 Å². The Morgan fingerprint density at radius 3 is 2.05 bits per heavy atom. The highest BCUT2D eigenvalue weighted by molar-refractivity contribution is 7.77. The van der Waals surface area contributed by atoms with Crippen molar-refractivity contribution in [3.63, 3.8) is 0 Å². The van der Waals surface area contributed by atoms with Crippen LogP contribution < -0.4 is 5.44 Å². The molecule has 0 N–H and O–H groups in total. The van der Waals surface area contributed by atoms with Crippen molar-refractivity contribution in [3.8, 4) is 0 Å². The lowest BCUT2D eigenvalue weighted by atomic mass is 10.5. The van der Waals surface area contributed by atoms with Crippen LogP contribution in [0.5, 0.6) is 0 Å². The summed E-state index contributed by atoms with van der Waals surface area (Å²) >= 11 is 0. The molecule has 0 atom stereocenters. The number of pyridine rings is 1. The Morgan fingerprint density at radius 2 is 1.55 bits per heavy atom. The van der Waals surface area contributed by atoms with E-state index in [2.05, 4.69) is 79.4 Å². The zero-order chi connectivity index (χ0) is 16.3. The molecule has 0 amide bonds. The molecule has 2 aromatic rings. The summed E-state index contributed by atoms with van der Waals surface area (Å²) in [5.74, 6) is 0. The molecule has 0 fully saturated rings. The largest absolute Gasteiger partial charge is 0.268 e. The van der Waals surface area contributed by atoms with Crippen LogP contribution in [0.2, 0.25) is 0 Å². The lowest BCUT2D eigenvalue weighted by Crippen LogP contribution is -2.43. The summed E-state index contributed by atoms with van der Waals surface area (Å²) in [6.45, 7) is 18.0. The number of imidazole rings is 1. The molecule has 0 saturated carbocycles. The molecule has 0 spiro atoms. The molecule has 0 aliphatic heterocycles. The van der Waals surface area contributed by atoms with Crippen LogP contribution in [0, 0.1) is 6.92 Å². The molecule has 5 heteroatoms. The molecule has 0 aromatic carbocycles. The maximum Gasteiger partial charge on any atom is 0.226 e. The molecule has 4 nitrogen and oxygen atoms in total. The van der Waals surface area contributed by atoms with Crippen LogP contribution >= 0.6 is 7.56 Å². The summed E-state index contributed by atoms with van der Waals surface area (Å²) in [6, 6.07) is 6.27. The average molecular weight is 321 g/mol. The third kappa shape index (κ3) is 2.68. The van der Waals surface area contributed by atoms with Gasteiger partial charge in [-0.25, -0.2) is 4.98 Å². The molecule has 0 unspecified atom stereocenters. The molecule has 0 radical (unpaired) electrons. The normalized spacial score (nSPS) is 12.7. The Kier molecular flexibility index (Phi) is 5.60. The van der Waals surface area contributed by atoms with Gasteiger partial charge < -0.3 is 0 Å². The molecule has 2 aromatic heterocycles. The Labute approximate surface area is 135 Å². The zero-order valence-electron chi connectivity index (χ0n) is 14.9. The highest BCUT2D eigenvalue weighted by atomic mass is 31.2. The Morgan fingerprint density at radius 1 is 1.00 bits per heavy atom. The number of nitrogens with zero attached hydrogens (tertiary/aromatic N) is 4. The first-order chi connectivity index (χ1) is 10.5. The minimum Gasteiger partial charge on any atom is -0.268 e. The number of fused-ring (bicyclic) bond motifs is 1. The number of aryl methyl sites for hydroxylation is 1. The Bertz CT molecular complexity index is 602. The van der Waals surface area contributed by atoms with Crippen LogP contribution in [0.3, 0.4) is 0 Å².